The Bertz CT molecular complexity index is 909. The van der Waals surface area contributed by atoms with Gasteiger partial charge in [0.1, 0.15) is 5.69 Å². The largest absolute Gasteiger partial charge is 0.478 e. The highest BCUT2D eigenvalue weighted by molar-refractivity contribution is 7.15. The molecule has 0 aliphatic heterocycles. The number of nitrogens with one attached hydrogen (secondary N) is 1. The first-order valence-electron chi connectivity index (χ1n) is 6.65. The minimum absolute atomic E-state index is 0.195. The normalized spacial score (nSPS) is 11.2. The number of hydrazone groups is 1. The van der Waals surface area contributed by atoms with Crippen molar-refractivity contribution in [2.75, 3.05) is 0 Å². The van der Waals surface area contributed by atoms with E-state index in [2.05, 4.69) is 15.5 Å². The number of carboxylic acids is 1. The lowest BCUT2D eigenvalue weighted by atomic mass is 10.1. The Balaban J connectivity index is 1.72. The Kier molecular flexibility index (Phi) is 3.90. The van der Waals surface area contributed by atoms with Gasteiger partial charge in [0, 0.05) is 11.6 Å². The highest BCUT2D eigenvalue weighted by Crippen LogP contribution is 2.16. The summed E-state index contributed by atoms with van der Waals surface area (Å²) in [7, 11) is 0. The molecule has 0 aliphatic rings. The fourth-order valence-electron chi connectivity index (χ4n) is 2.10. The van der Waals surface area contributed by atoms with Crippen molar-refractivity contribution in [1.29, 1.82) is 0 Å². The Labute approximate surface area is 134 Å². The van der Waals surface area contributed by atoms with Crippen LogP contribution < -0.4 is 5.43 Å². The van der Waals surface area contributed by atoms with Crippen molar-refractivity contribution in [2.24, 2.45) is 5.10 Å². The summed E-state index contributed by atoms with van der Waals surface area (Å²) in [6.45, 7) is 1.77. The molecule has 3 aromatic rings. The third kappa shape index (κ3) is 2.97. The number of amides is 1. The molecule has 0 spiro atoms. The number of hydrogen-bond donors (Lipinski definition) is 2. The molecule has 0 saturated heterocycles. The molecule has 2 heterocycles. The van der Waals surface area contributed by atoms with Crippen LogP contribution >= 0.6 is 11.3 Å². The van der Waals surface area contributed by atoms with E-state index >= 15 is 0 Å². The van der Waals surface area contributed by atoms with Gasteiger partial charge in [-0.3, -0.25) is 9.20 Å². The lowest BCUT2D eigenvalue weighted by Gasteiger charge is -2.00. The zero-order valence-electron chi connectivity index (χ0n) is 12.1. The third-order valence-corrected chi connectivity index (χ3v) is 3.95. The predicted octanol–water partition coefficient (Wildman–Crippen LogP) is 2.17. The summed E-state index contributed by atoms with van der Waals surface area (Å²) in [4.78, 5) is 28.0. The van der Waals surface area contributed by atoms with Gasteiger partial charge in [-0.25, -0.2) is 15.2 Å². The molecule has 8 heteroatoms. The number of benzene rings is 1. The number of fused-ring (bicyclic) bond motifs is 1. The average Bonchev–Trinajstić information content (AvgIpc) is 3.07. The Morgan fingerprint density at radius 3 is 2.78 bits per heavy atom. The molecule has 23 heavy (non-hydrogen) atoms. The number of carboxylic acid groups (broad SMARTS) is 1. The van der Waals surface area contributed by atoms with Crippen LogP contribution in [0.15, 0.2) is 40.9 Å². The number of carbonyl (C=O) groups is 2. The highest BCUT2D eigenvalue weighted by Gasteiger charge is 2.16. The Hall–Kier alpha value is -3.00. The lowest BCUT2D eigenvalue weighted by Crippen LogP contribution is -2.20. The second-order valence-electron chi connectivity index (χ2n) is 4.73. The van der Waals surface area contributed by atoms with Crippen molar-refractivity contribution in [3.63, 3.8) is 0 Å². The van der Waals surface area contributed by atoms with Crippen LogP contribution in [0.2, 0.25) is 0 Å². The first-order valence-corrected chi connectivity index (χ1v) is 7.53. The van der Waals surface area contributed by atoms with E-state index in [0.717, 1.165) is 4.96 Å². The summed E-state index contributed by atoms with van der Waals surface area (Å²) in [6.07, 6.45) is 3.23. The maximum Gasteiger partial charge on any atom is 0.335 e. The number of aromatic carboxylic acids is 1. The second kappa shape index (κ2) is 6.01. The summed E-state index contributed by atoms with van der Waals surface area (Å²) < 4.78 is 1.71. The quantitative estimate of drug-likeness (QED) is 0.566. The van der Waals surface area contributed by atoms with Crippen LogP contribution in [0.5, 0.6) is 0 Å². The Morgan fingerprint density at radius 1 is 1.35 bits per heavy atom. The maximum atomic E-state index is 12.2. The molecule has 2 aromatic heterocycles. The standard InChI is InChI=1S/C15H12N4O3S/c1-9-12(19-6-7-23-15(19)17-9)13(20)18-16-8-10-2-4-11(5-3-10)14(21)22/h2-8H,1H3,(H,18,20)(H,21,22)/b16-8-. The molecule has 0 aliphatic carbocycles. The minimum atomic E-state index is -0.988. The number of imidazole rings is 1. The first-order chi connectivity index (χ1) is 11.1. The Morgan fingerprint density at radius 2 is 2.09 bits per heavy atom. The number of nitrogens with zero attached hydrogens (tertiary/aromatic N) is 3. The maximum absolute atomic E-state index is 12.2. The van der Waals surface area contributed by atoms with E-state index in [9.17, 15) is 9.59 Å². The molecule has 7 nitrogen and oxygen atoms in total. The number of thiazole rings is 1. The molecule has 0 radical (unpaired) electrons. The van der Waals surface area contributed by atoms with Gasteiger partial charge in [0.05, 0.1) is 17.5 Å². The fourth-order valence-corrected chi connectivity index (χ4v) is 2.86. The SMILES string of the molecule is Cc1nc2sccn2c1C(=O)N/N=C\c1ccc(C(=O)O)cc1. The van der Waals surface area contributed by atoms with Gasteiger partial charge in [-0.1, -0.05) is 12.1 Å². The summed E-state index contributed by atoms with van der Waals surface area (Å²) in [5.74, 6) is -1.34. The van der Waals surface area contributed by atoms with E-state index in [1.165, 1.54) is 29.7 Å². The predicted molar refractivity (Wildman–Crippen MR) is 86.3 cm³/mol. The first kappa shape index (κ1) is 14.9. The van der Waals surface area contributed by atoms with Crippen molar-refractivity contribution in [3.05, 3.63) is 58.4 Å². The van der Waals surface area contributed by atoms with Gasteiger partial charge in [-0.15, -0.1) is 11.3 Å². The van der Waals surface area contributed by atoms with E-state index in [0.29, 0.717) is 17.0 Å². The van der Waals surface area contributed by atoms with Crippen LogP contribution in [0, 0.1) is 6.92 Å². The molecule has 0 bridgehead atoms. The van der Waals surface area contributed by atoms with Gasteiger partial charge in [-0.2, -0.15) is 5.10 Å². The van der Waals surface area contributed by atoms with Crippen LogP contribution in [-0.2, 0) is 0 Å². The zero-order valence-corrected chi connectivity index (χ0v) is 12.9. The van der Waals surface area contributed by atoms with Crippen molar-refractivity contribution in [3.8, 4) is 0 Å². The van der Waals surface area contributed by atoms with Crippen molar-refractivity contribution < 1.29 is 14.7 Å². The molecule has 1 aromatic carbocycles. The summed E-state index contributed by atoms with van der Waals surface area (Å²) in [6, 6.07) is 6.17. The highest BCUT2D eigenvalue weighted by atomic mass is 32.1. The summed E-state index contributed by atoms with van der Waals surface area (Å²) in [5, 5.41) is 14.6. The topological polar surface area (TPSA) is 96.1 Å². The molecule has 0 atom stereocenters. The third-order valence-electron chi connectivity index (χ3n) is 3.19. The van der Waals surface area contributed by atoms with Crippen LogP contribution in [-0.4, -0.2) is 32.6 Å². The van der Waals surface area contributed by atoms with Crippen LogP contribution in [0.4, 0.5) is 0 Å². The van der Waals surface area contributed by atoms with Crippen LogP contribution in [0.1, 0.15) is 32.1 Å². The molecular formula is C15H12N4O3S. The van der Waals surface area contributed by atoms with E-state index in [-0.39, 0.29) is 11.5 Å². The monoisotopic (exact) mass is 328 g/mol. The molecular weight excluding hydrogens is 316 g/mol. The zero-order chi connectivity index (χ0) is 16.4. The van der Waals surface area contributed by atoms with Crippen LogP contribution in [0.3, 0.4) is 0 Å². The van der Waals surface area contributed by atoms with Crippen molar-refractivity contribution >= 4 is 34.4 Å². The van der Waals surface area contributed by atoms with Gasteiger partial charge in [0.25, 0.3) is 5.91 Å². The average molecular weight is 328 g/mol. The second-order valence-corrected chi connectivity index (χ2v) is 5.60. The summed E-state index contributed by atoms with van der Waals surface area (Å²) in [5.41, 5.74) is 4.41. The lowest BCUT2D eigenvalue weighted by molar-refractivity contribution is 0.0696. The van der Waals surface area contributed by atoms with Crippen LogP contribution in [0.25, 0.3) is 4.96 Å². The molecule has 0 fully saturated rings. The number of hydrogen-bond acceptors (Lipinski definition) is 5. The number of rotatable bonds is 4. The van der Waals surface area contributed by atoms with E-state index in [4.69, 9.17) is 5.11 Å². The van der Waals surface area contributed by atoms with Gasteiger partial charge in [0.15, 0.2) is 4.96 Å². The molecule has 0 unspecified atom stereocenters. The molecule has 2 N–H and O–H groups in total. The molecule has 0 saturated carbocycles. The van der Waals surface area contributed by atoms with Gasteiger partial charge < -0.3 is 5.11 Å². The van der Waals surface area contributed by atoms with Gasteiger partial charge >= 0.3 is 5.97 Å². The molecule has 1 amide bonds. The van der Waals surface area contributed by atoms with Gasteiger partial charge in [-0.05, 0) is 24.6 Å². The summed E-state index contributed by atoms with van der Waals surface area (Å²) >= 11 is 1.45. The van der Waals surface area contributed by atoms with E-state index in [1.807, 2.05) is 5.38 Å². The van der Waals surface area contributed by atoms with Gasteiger partial charge in [0.2, 0.25) is 0 Å². The number of carbonyl (C=O) groups excluding carboxylic acids is 1. The van der Waals surface area contributed by atoms with E-state index < -0.39 is 5.97 Å². The minimum Gasteiger partial charge on any atom is -0.478 e. The number of aromatic nitrogens is 2. The molecule has 3 rings (SSSR count). The molecule has 116 valence electrons. The van der Waals surface area contributed by atoms with Crippen molar-refractivity contribution in [2.45, 2.75) is 6.92 Å². The smallest absolute Gasteiger partial charge is 0.335 e. The van der Waals surface area contributed by atoms with E-state index in [1.54, 1.807) is 29.7 Å². The number of aryl methyl sites for hydroxylation is 1. The fraction of sp³-hybridized carbons (Fsp3) is 0.0667. The van der Waals surface area contributed by atoms with Crippen molar-refractivity contribution in [1.82, 2.24) is 14.8 Å².